The average molecular weight is 645 g/mol. The Morgan fingerprint density at radius 2 is 1.44 bits per heavy atom. The number of ether oxygens (including phenoxy) is 1. The van der Waals surface area contributed by atoms with E-state index in [1.807, 2.05) is 0 Å². The zero-order valence-corrected chi connectivity index (χ0v) is 19.5. The van der Waals surface area contributed by atoms with Crippen LogP contribution in [0.15, 0.2) is 0 Å². The van der Waals surface area contributed by atoms with E-state index in [0.29, 0.717) is 0 Å². The van der Waals surface area contributed by atoms with Gasteiger partial charge < -0.3 is 52.2 Å². The van der Waals surface area contributed by atoms with E-state index in [1.165, 1.54) is 12.8 Å². The third-order valence-electron chi connectivity index (χ3n) is 5.22. The molecular formula is C18H31N3O10Pt. The molecule has 32 heavy (non-hydrogen) atoms. The topological polar surface area (TPSA) is 241 Å². The van der Waals surface area contributed by atoms with Crippen LogP contribution in [0.2, 0.25) is 0 Å². The van der Waals surface area contributed by atoms with Gasteiger partial charge in [-0.05, 0) is 6.42 Å². The van der Waals surface area contributed by atoms with Crippen molar-refractivity contribution < 1.29 is 70.8 Å². The van der Waals surface area contributed by atoms with Crippen LogP contribution in [0, 0.1) is 5.92 Å². The number of aliphatic hydroxyl groups excluding tert-OH is 4. The van der Waals surface area contributed by atoms with Crippen molar-refractivity contribution in [3.05, 3.63) is 11.5 Å². The maximum Gasteiger partial charge on any atom is 2.00 e. The van der Waals surface area contributed by atoms with Crippen molar-refractivity contribution in [1.82, 2.24) is 5.32 Å². The summed E-state index contributed by atoms with van der Waals surface area (Å²) in [6, 6.07) is -0.160. The number of nitrogens with one attached hydrogen (secondary N) is 3. The van der Waals surface area contributed by atoms with Gasteiger partial charge in [0.05, 0.1) is 6.61 Å². The third-order valence-corrected chi connectivity index (χ3v) is 5.22. The standard InChI is InChI=1S/C12H19NO10.C6H12N2.Pt/c14-3-5-7(16)8(17)9(18)10(23-5)13-6(15)2-1-4(11(19)20)12(21)22;7-5-3-1-2-4-6(5)8;/h4-5,7-10,14,16-18H,1-3H2,(H,13,15)(H,19,20)(H,21,22);5-8H,1-4H2;/q;-2;+2/t;5-,6-;/m.1./s1. The van der Waals surface area contributed by atoms with Crippen LogP contribution >= 0.6 is 0 Å². The van der Waals surface area contributed by atoms with Crippen LogP contribution in [0.25, 0.3) is 11.5 Å². The Morgan fingerprint density at radius 1 is 0.938 bits per heavy atom. The molecule has 13 nitrogen and oxygen atoms in total. The quantitative estimate of drug-likeness (QED) is 0.165. The second-order valence-electron chi connectivity index (χ2n) is 7.58. The van der Waals surface area contributed by atoms with Crippen molar-refractivity contribution in [1.29, 1.82) is 0 Å². The molecule has 2 fully saturated rings. The molecule has 0 aromatic rings. The number of hydrogen-bond acceptors (Lipinski definition) is 8. The fourth-order valence-corrected chi connectivity index (χ4v) is 3.21. The van der Waals surface area contributed by atoms with Crippen molar-refractivity contribution in [2.75, 3.05) is 6.61 Å². The van der Waals surface area contributed by atoms with Crippen molar-refractivity contribution in [2.45, 2.75) is 81.3 Å². The fourth-order valence-electron chi connectivity index (χ4n) is 3.21. The molecule has 1 amide bonds. The molecule has 1 saturated carbocycles. The van der Waals surface area contributed by atoms with Crippen molar-refractivity contribution in [3.8, 4) is 0 Å². The van der Waals surface area contributed by atoms with Crippen LogP contribution in [-0.2, 0) is 40.2 Å². The Hall–Kier alpha value is -1.18. The molecule has 1 saturated heterocycles. The van der Waals surface area contributed by atoms with Crippen LogP contribution in [0.1, 0.15) is 38.5 Å². The summed E-state index contributed by atoms with van der Waals surface area (Å²) in [6.07, 6.45) is -4.27. The number of amides is 1. The predicted octanol–water partition coefficient (Wildman–Crippen LogP) is -1.13. The Labute approximate surface area is 199 Å². The molecule has 188 valence electrons. The van der Waals surface area contributed by atoms with Gasteiger partial charge in [-0.15, -0.1) is 0 Å². The molecule has 0 aromatic heterocycles. The van der Waals surface area contributed by atoms with Gasteiger partial charge in [0.2, 0.25) is 5.91 Å². The van der Waals surface area contributed by atoms with E-state index in [0.717, 1.165) is 12.8 Å². The van der Waals surface area contributed by atoms with Crippen molar-refractivity contribution in [3.63, 3.8) is 0 Å². The van der Waals surface area contributed by atoms with Crippen LogP contribution < -0.4 is 5.32 Å². The molecule has 5 unspecified atom stereocenters. The number of aliphatic hydroxyl groups is 4. The molecule has 1 aliphatic carbocycles. The molecular weight excluding hydrogens is 613 g/mol. The third kappa shape index (κ3) is 9.36. The SMILES string of the molecule is O=C(CCC(C(=O)O)C(=O)O)NC1OC(CO)C(O)C(O)C1O.[NH-][C@@H]1CCCC[C@H]1[NH-].[Pt+2]. The monoisotopic (exact) mass is 644 g/mol. The van der Waals surface area contributed by atoms with Crippen LogP contribution in [0.4, 0.5) is 0 Å². The molecule has 14 heteroatoms. The minimum Gasteiger partial charge on any atom is -0.676 e. The van der Waals surface area contributed by atoms with E-state index >= 15 is 0 Å². The van der Waals surface area contributed by atoms with Gasteiger partial charge in [-0.1, -0.05) is 25.7 Å². The average Bonchev–Trinajstić information content (AvgIpc) is 2.70. The molecule has 7 atom stereocenters. The molecule has 0 aromatic carbocycles. The molecule has 2 aliphatic rings. The fraction of sp³-hybridized carbons (Fsp3) is 0.833. The molecule has 9 N–H and O–H groups in total. The first-order valence-electron chi connectivity index (χ1n) is 9.97. The Balaban J connectivity index is 0.000000896. The first-order valence-corrected chi connectivity index (χ1v) is 9.97. The summed E-state index contributed by atoms with van der Waals surface area (Å²) < 4.78 is 5.03. The van der Waals surface area contributed by atoms with Gasteiger partial charge >= 0.3 is 33.0 Å². The van der Waals surface area contributed by atoms with E-state index in [-0.39, 0.29) is 33.1 Å². The summed E-state index contributed by atoms with van der Waals surface area (Å²) >= 11 is 0. The number of carboxylic acids is 2. The minimum atomic E-state index is -1.75. The second kappa shape index (κ2) is 14.9. The van der Waals surface area contributed by atoms with Crippen molar-refractivity contribution in [2.24, 2.45) is 5.92 Å². The zero-order chi connectivity index (χ0) is 23.7. The van der Waals surface area contributed by atoms with Gasteiger partial charge in [0.1, 0.15) is 24.4 Å². The van der Waals surface area contributed by atoms with Crippen LogP contribution in [0.5, 0.6) is 0 Å². The Morgan fingerprint density at radius 3 is 1.84 bits per heavy atom. The summed E-state index contributed by atoms with van der Waals surface area (Å²) in [5.74, 6) is -5.74. The summed E-state index contributed by atoms with van der Waals surface area (Å²) in [7, 11) is 0. The molecule has 2 rings (SSSR count). The van der Waals surface area contributed by atoms with Gasteiger partial charge in [-0.3, -0.25) is 14.4 Å². The first kappa shape index (κ1) is 30.8. The van der Waals surface area contributed by atoms with Crippen LogP contribution in [-0.4, -0.2) is 97.8 Å². The number of rotatable bonds is 7. The predicted molar refractivity (Wildman–Crippen MR) is 105 cm³/mol. The summed E-state index contributed by atoms with van der Waals surface area (Å²) in [5.41, 5.74) is 14.6. The van der Waals surface area contributed by atoms with E-state index in [1.54, 1.807) is 0 Å². The largest absolute Gasteiger partial charge is 2.00 e. The maximum absolute atomic E-state index is 11.7. The summed E-state index contributed by atoms with van der Waals surface area (Å²) in [5, 5.41) is 57.3. The summed E-state index contributed by atoms with van der Waals surface area (Å²) in [4.78, 5) is 33.1. The number of carbonyl (C=O) groups is 3. The second-order valence-corrected chi connectivity index (χ2v) is 7.58. The van der Waals surface area contributed by atoms with Gasteiger partial charge in [0, 0.05) is 6.42 Å². The van der Waals surface area contributed by atoms with Crippen molar-refractivity contribution >= 4 is 17.8 Å². The molecule has 1 aliphatic heterocycles. The van der Waals surface area contributed by atoms with E-state index in [2.05, 4.69) is 5.32 Å². The Kier molecular flexibility index (Phi) is 14.3. The summed E-state index contributed by atoms with van der Waals surface area (Å²) in [6.45, 7) is -0.669. The van der Waals surface area contributed by atoms with Gasteiger partial charge in [-0.25, -0.2) is 0 Å². The van der Waals surface area contributed by atoms with Gasteiger partial charge in [0.15, 0.2) is 12.1 Å². The van der Waals surface area contributed by atoms with Gasteiger partial charge in [0.25, 0.3) is 0 Å². The smallest absolute Gasteiger partial charge is 0.676 e. The number of carboxylic acid groups (broad SMARTS) is 2. The first-order chi connectivity index (χ1) is 14.5. The van der Waals surface area contributed by atoms with Crippen LogP contribution in [0.3, 0.4) is 0 Å². The minimum absolute atomic E-state index is 0. The number of aliphatic carboxylic acids is 2. The van der Waals surface area contributed by atoms with E-state index in [9.17, 15) is 29.7 Å². The van der Waals surface area contributed by atoms with E-state index in [4.69, 9.17) is 31.5 Å². The number of hydrogen-bond donors (Lipinski definition) is 7. The Bertz CT molecular complexity index is 588. The molecule has 0 spiro atoms. The van der Waals surface area contributed by atoms with Gasteiger partial charge in [-0.2, -0.15) is 12.1 Å². The zero-order valence-electron chi connectivity index (χ0n) is 17.2. The molecule has 1 heterocycles. The maximum atomic E-state index is 11.7. The van der Waals surface area contributed by atoms with E-state index < -0.39 is 73.9 Å². The normalized spacial score (nSPS) is 32.2. The molecule has 0 bridgehead atoms. The number of carbonyl (C=O) groups excluding carboxylic acids is 1. The molecule has 0 radical (unpaired) electrons.